The fraction of sp³-hybridized carbons (Fsp3) is 0.588. The van der Waals surface area contributed by atoms with Gasteiger partial charge in [-0.1, -0.05) is 0 Å². The van der Waals surface area contributed by atoms with E-state index >= 15 is 0 Å². The Balaban J connectivity index is 0.00000338. The van der Waals surface area contributed by atoms with Crippen molar-refractivity contribution in [2.75, 3.05) is 31.2 Å². The molecule has 2 rings (SSSR count). The van der Waals surface area contributed by atoms with Crippen LogP contribution in [0, 0.1) is 5.82 Å². The quantitative estimate of drug-likeness (QED) is 0.249. The molecule has 0 aliphatic carbocycles. The summed E-state index contributed by atoms with van der Waals surface area (Å²) in [6.45, 7) is 3.87. The molecular formula is C17H27FIN3O3S. The number of rotatable bonds is 8. The predicted octanol–water partition coefficient (Wildman–Crippen LogP) is 2.34. The standard InChI is InChI=1S/C17H26FN3O3S.HI/c1-2-19-17(21-15-9-12-25(22,23)13-15)20-10-3-4-11-24-16-7-5-14(18)6-8-16;/h5-8,15H,2-4,9-13H2,1H3,(H2,19,20,21);1H. The lowest BCUT2D eigenvalue weighted by atomic mass is 10.3. The number of hydrogen-bond donors (Lipinski definition) is 2. The lowest BCUT2D eigenvalue weighted by Gasteiger charge is -2.15. The fourth-order valence-electron chi connectivity index (χ4n) is 2.55. The van der Waals surface area contributed by atoms with Gasteiger partial charge < -0.3 is 15.4 Å². The Bertz CT molecular complexity index is 668. The minimum atomic E-state index is -2.90. The molecule has 1 saturated heterocycles. The zero-order valence-corrected chi connectivity index (χ0v) is 18.1. The minimum absolute atomic E-state index is 0. The molecule has 1 heterocycles. The number of benzene rings is 1. The van der Waals surface area contributed by atoms with Crippen LogP contribution in [0.4, 0.5) is 4.39 Å². The summed E-state index contributed by atoms with van der Waals surface area (Å²) < 4.78 is 41.3. The molecule has 1 fully saturated rings. The highest BCUT2D eigenvalue weighted by molar-refractivity contribution is 14.0. The number of ether oxygens (including phenoxy) is 1. The van der Waals surface area contributed by atoms with E-state index in [2.05, 4.69) is 15.6 Å². The van der Waals surface area contributed by atoms with Gasteiger partial charge in [0, 0.05) is 19.1 Å². The Morgan fingerprint density at radius 1 is 1.31 bits per heavy atom. The molecule has 1 unspecified atom stereocenters. The maximum Gasteiger partial charge on any atom is 0.191 e. The van der Waals surface area contributed by atoms with Gasteiger partial charge in [-0.15, -0.1) is 24.0 Å². The predicted molar refractivity (Wildman–Crippen MR) is 113 cm³/mol. The van der Waals surface area contributed by atoms with E-state index in [9.17, 15) is 12.8 Å². The Labute approximate surface area is 171 Å². The zero-order chi connectivity index (χ0) is 18.1. The Hall–Kier alpha value is -1.10. The highest BCUT2D eigenvalue weighted by atomic mass is 127. The van der Waals surface area contributed by atoms with Gasteiger partial charge in [-0.25, -0.2) is 12.8 Å². The second-order valence-electron chi connectivity index (χ2n) is 6.01. The van der Waals surface area contributed by atoms with E-state index in [1.807, 2.05) is 6.92 Å². The molecule has 0 saturated carbocycles. The van der Waals surface area contributed by atoms with Crippen molar-refractivity contribution in [3.05, 3.63) is 30.1 Å². The maximum atomic E-state index is 12.8. The monoisotopic (exact) mass is 499 g/mol. The van der Waals surface area contributed by atoms with E-state index in [1.54, 1.807) is 12.1 Å². The van der Waals surface area contributed by atoms with Crippen molar-refractivity contribution < 1.29 is 17.5 Å². The molecule has 0 bridgehead atoms. The van der Waals surface area contributed by atoms with Gasteiger partial charge in [-0.3, -0.25) is 4.99 Å². The molecule has 6 nitrogen and oxygen atoms in total. The van der Waals surface area contributed by atoms with Crippen LogP contribution in [0.2, 0.25) is 0 Å². The minimum Gasteiger partial charge on any atom is -0.494 e. The third-order valence-electron chi connectivity index (χ3n) is 3.82. The van der Waals surface area contributed by atoms with Crippen LogP contribution < -0.4 is 15.4 Å². The second kappa shape index (κ2) is 11.6. The van der Waals surface area contributed by atoms with E-state index in [0.717, 1.165) is 19.4 Å². The molecular weight excluding hydrogens is 472 g/mol. The Kier molecular flexibility index (Phi) is 10.2. The Morgan fingerprint density at radius 2 is 2.04 bits per heavy atom. The van der Waals surface area contributed by atoms with Gasteiger partial charge in [-0.2, -0.15) is 0 Å². The van der Waals surface area contributed by atoms with Gasteiger partial charge in [-0.05, 0) is 50.5 Å². The van der Waals surface area contributed by atoms with Gasteiger partial charge in [0.15, 0.2) is 15.8 Å². The Morgan fingerprint density at radius 3 is 2.65 bits per heavy atom. The summed E-state index contributed by atoms with van der Waals surface area (Å²) >= 11 is 0. The van der Waals surface area contributed by atoms with Crippen molar-refractivity contribution in [3.8, 4) is 5.75 Å². The van der Waals surface area contributed by atoms with E-state index in [1.165, 1.54) is 12.1 Å². The molecule has 0 amide bonds. The number of halogens is 2. The van der Waals surface area contributed by atoms with Crippen LogP contribution in [0.15, 0.2) is 29.3 Å². The summed E-state index contributed by atoms with van der Waals surface area (Å²) in [5.74, 6) is 1.44. The summed E-state index contributed by atoms with van der Waals surface area (Å²) in [6.07, 6.45) is 2.30. The van der Waals surface area contributed by atoms with Crippen LogP contribution >= 0.6 is 24.0 Å². The first-order valence-corrected chi connectivity index (χ1v) is 10.4. The van der Waals surface area contributed by atoms with Crippen molar-refractivity contribution in [2.24, 2.45) is 4.99 Å². The van der Waals surface area contributed by atoms with Crippen LogP contribution in [-0.4, -0.2) is 51.6 Å². The van der Waals surface area contributed by atoms with Gasteiger partial charge in [0.1, 0.15) is 11.6 Å². The summed E-state index contributed by atoms with van der Waals surface area (Å²) in [7, 11) is -2.90. The van der Waals surface area contributed by atoms with Crippen LogP contribution in [0.5, 0.6) is 5.75 Å². The third-order valence-corrected chi connectivity index (χ3v) is 5.59. The van der Waals surface area contributed by atoms with E-state index in [4.69, 9.17) is 4.74 Å². The molecule has 26 heavy (non-hydrogen) atoms. The summed E-state index contributed by atoms with van der Waals surface area (Å²) in [5.41, 5.74) is 0. The fourth-order valence-corrected chi connectivity index (χ4v) is 4.22. The van der Waals surface area contributed by atoms with Gasteiger partial charge in [0.25, 0.3) is 0 Å². The van der Waals surface area contributed by atoms with E-state index in [-0.39, 0.29) is 47.3 Å². The van der Waals surface area contributed by atoms with Gasteiger partial charge >= 0.3 is 0 Å². The maximum absolute atomic E-state index is 12.8. The number of unbranched alkanes of at least 4 members (excludes halogenated alkanes) is 1. The first-order chi connectivity index (χ1) is 12.0. The lowest BCUT2D eigenvalue weighted by molar-refractivity contribution is 0.307. The van der Waals surface area contributed by atoms with Crippen LogP contribution in [0.3, 0.4) is 0 Å². The highest BCUT2D eigenvalue weighted by Crippen LogP contribution is 2.12. The smallest absolute Gasteiger partial charge is 0.191 e. The van der Waals surface area contributed by atoms with Crippen molar-refractivity contribution >= 4 is 39.8 Å². The summed E-state index contributed by atoms with van der Waals surface area (Å²) in [6, 6.07) is 5.89. The number of sulfone groups is 1. The normalized spacial score (nSPS) is 18.8. The molecule has 1 atom stereocenters. The summed E-state index contributed by atoms with van der Waals surface area (Å²) in [5, 5.41) is 6.32. The lowest BCUT2D eigenvalue weighted by Crippen LogP contribution is -2.44. The third kappa shape index (κ3) is 8.52. The first-order valence-electron chi connectivity index (χ1n) is 8.62. The van der Waals surface area contributed by atoms with Crippen molar-refractivity contribution in [1.29, 1.82) is 0 Å². The molecule has 2 N–H and O–H groups in total. The topological polar surface area (TPSA) is 79.8 Å². The molecule has 1 aromatic rings. The average Bonchev–Trinajstić information content (AvgIpc) is 2.91. The largest absolute Gasteiger partial charge is 0.494 e. The molecule has 148 valence electrons. The first kappa shape index (κ1) is 22.9. The van der Waals surface area contributed by atoms with Gasteiger partial charge in [0.2, 0.25) is 0 Å². The SMILES string of the molecule is CCNC(=NCCCCOc1ccc(F)cc1)NC1CCS(=O)(=O)C1.I. The molecule has 0 radical (unpaired) electrons. The number of hydrogen-bond acceptors (Lipinski definition) is 4. The van der Waals surface area contributed by atoms with Gasteiger partial charge in [0.05, 0.1) is 18.1 Å². The molecule has 1 aliphatic rings. The van der Waals surface area contributed by atoms with Crippen LogP contribution in [0.25, 0.3) is 0 Å². The van der Waals surface area contributed by atoms with E-state index in [0.29, 0.717) is 31.3 Å². The second-order valence-corrected chi connectivity index (χ2v) is 8.24. The zero-order valence-electron chi connectivity index (χ0n) is 14.9. The number of nitrogens with one attached hydrogen (secondary N) is 2. The molecule has 0 spiro atoms. The van der Waals surface area contributed by atoms with Crippen molar-refractivity contribution in [2.45, 2.75) is 32.2 Å². The number of aliphatic imine (C=N–C) groups is 1. The molecule has 1 aliphatic heterocycles. The number of nitrogens with zero attached hydrogens (tertiary/aromatic N) is 1. The molecule has 0 aromatic heterocycles. The van der Waals surface area contributed by atoms with Crippen molar-refractivity contribution in [3.63, 3.8) is 0 Å². The van der Waals surface area contributed by atoms with E-state index < -0.39 is 9.84 Å². The number of guanidine groups is 1. The summed E-state index contributed by atoms with van der Waals surface area (Å²) in [4.78, 5) is 4.48. The van der Waals surface area contributed by atoms with Crippen LogP contribution in [0.1, 0.15) is 26.2 Å². The van der Waals surface area contributed by atoms with Crippen LogP contribution in [-0.2, 0) is 9.84 Å². The molecule has 1 aromatic carbocycles. The van der Waals surface area contributed by atoms with Crippen molar-refractivity contribution in [1.82, 2.24) is 10.6 Å². The average molecular weight is 499 g/mol. The highest BCUT2D eigenvalue weighted by Gasteiger charge is 2.28. The molecule has 9 heteroatoms.